The number of rotatable bonds is 7. The highest BCUT2D eigenvalue weighted by atomic mass is 35.5. The van der Waals surface area contributed by atoms with Crippen molar-refractivity contribution in [2.45, 2.75) is 25.8 Å². The van der Waals surface area contributed by atoms with Gasteiger partial charge in [0.15, 0.2) is 5.17 Å². The minimum absolute atomic E-state index is 0.122. The van der Waals surface area contributed by atoms with E-state index in [4.69, 9.17) is 27.9 Å². The van der Waals surface area contributed by atoms with Gasteiger partial charge in [-0.25, -0.2) is 9.79 Å². The molecule has 2 aliphatic heterocycles. The van der Waals surface area contributed by atoms with Crippen LogP contribution in [0.4, 0.5) is 0 Å². The number of carbonyl (C=O) groups is 2. The molecule has 1 atom stereocenters. The first kappa shape index (κ1) is 23.9. The molecule has 172 valence electrons. The second-order valence-corrected chi connectivity index (χ2v) is 9.91. The van der Waals surface area contributed by atoms with Crippen LogP contribution in [0.2, 0.25) is 10.0 Å². The van der Waals surface area contributed by atoms with Crippen molar-refractivity contribution in [2.24, 2.45) is 4.99 Å². The first-order chi connectivity index (χ1) is 15.9. The van der Waals surface area contributed by atoms with Crippen LogP contribution < -0.4 is 5.32 Å². The van der Waals surface area contributed by atoms with Gasteiger partial charge in [0.2, 0.25) is 5.91 Å². The van der Waals surface area contributed by atoms with E-state index in [-0.39, 0.29) is 12.3 Å². The molecule has 1 aromatic heterocycles. The van der Waals surface area contributed by atoms with Crippen molar-refractivity contribution in [1.29, 1.82) is 0 Å². The summed E-state index contributed by atoms with van der Waals surface area (Å²) in [6.07, 6.45) is 0.756. The normalized spacial score (nSPS) is 17.5. The molecule has 3 heterocycles. The van der Waals surface area contributed by atoms with Gasteiger partial charge in [0.1, 0.15) is 0 Å². The summed E-state index contributed by atoms with van der Waals surface area (Å²) in [7, 11) is 1.36. The monoisotopic (exact) mass is 521 g/mol. The molecule has 0 saturated heterocycles. The fourth-order valence-corrected chi connectivity index (χ4v) is 5.92. The summed E-state index contributed by atoms with van der Waals surface area (Å²) in [6, 6.07) is 6.92. The number of amides is 1. The van der Waals surface area contributed by atoms with Crippen molar-refractivity contribution < 1.29 is 14.3 Å². The predicted octanol–water partition coefficient (Wildman–Crippen LogP) is 5.55. The third-order valence-electron chi connectivity index (χ3n) is 5.34. The van der Waals surface area contributed by atoms with Gasteiger partial charge in [0.25, 0.3) is 0 Å². The summed E-state index contributed by atoms with van der Waals surface area (Å²) in [6.45, 7) is 2.26. The van der Waals surface area contributed by atoms with Crippen LogP contribution in [0.15, 0.2) is 62.4 Å². The topological polar surface area (TPSA) is 71.0 Å². The fraction of sp³-hybridized carbons (Fsp3) is 0.261. The van der Waals surface area contributed by atoms with Crippen molar-refractivity contribution in [3.63, 3.8) is 0 Å². The first-order valence-corrected chi connectivity index (χ1v) is 12.7. The number of halogens is 2. The van der Waals surface area contributed by atoms with E-state index < -0.39 is 12.0 Å². The zero-order valence-electron chi connectivity index (χ0n) is 17.9. The molecule has 0 aliphatic carbocycles. The minimum atomic E-state index is -0.424. The van der Waals surface area contributed by atoms with E-state index in [1.54, 1.807) is 23.5 Å². The van der Waals surface area contributed by atoms with Gasteiger partial charge in [-0.3, -0.25) is 4.79 Å². The average Bonchev–Trinajstić information content (AvgIpc) is 3.44. The van der Waals surface area contributed by atoms with Crippen LogP contribution in [-0.2, 0) is 20.7 Å². The van der Waals surface area contributed by atoms with E-state index in [1.807, 2.05) is 40.1 Å². The molecule has 0 spiro atoms. The number of benzene rings is 1. The Balaban J connectivity index is 1.47. The molecular weight excluding hydrogens is 501 g/mol. The molecule has 6 nitrogen and oxygen atoms in total. The van der Waals surface area contributed by atoms with Gasteiger partial charge >= 0.3 is 5.97 Å². The van der Waals surface area contributed by atoms with Crippen LogP contribution in [0.1, 0.15) is 30.5 Å². The summed E-state index contributed by atoms with van der Waals surface area (Å²) in [5.74, 6) is -0.546. The largest absolute Gasteiger partial charge is 0.466 e. The van der Waals surface area contributed by atoms with E-state index in [1.165, 1.54) is 18.9 Å². The smallest absolute Gasteiger partial charge is 0.338 e. The number of ether oxygens (including phenoxy) is 1. The van der Waals surface area contributed by atoms with Crippen LogP contribution in [0.25, 0.3) is 0 Å². The lowest BCUT2D eigenvalue weighted by Crippen LogP contribution is -2.38. The van der Waals surface area contributed by atoms with Gasteiger partial charge in [0, 0.05) is 22.3 Å². The molecule has 1 N–H and O–H groups in total. The number of esters is 1. The molecule has 0 radical (unpaired) electrons. The Morgan fingerprint density at radius 3 is 2.79 bits per heavy atom. The van der Waals surface area contributed by atoms with Crippen molar-refractivity contribution in [3.8, 4) is 0 Å². The van der Waals surface area contributed by atoms with Crippen molar-refractivity contribution in [1.82, 2.24) is 10.2 Å². The summed E-state index contributed by atoms with van der Waals surface area (Å²) >= 11 is 15.2. The lowest BCUT2D eigenvalue weighted by atomic mass is 9.96. The third-order valence-corrected chi connectivity index (χ3v) is 7.52. The maximum atomic E-state index is 12.7. The van der Waals surface area contributed by atoms with E-state index in [2.05, 4.69) is 10.3 Å². The minimum Gasteiger partial charge on any atom is -0.466 e. The Morgan fingerprint density at radius 1 is 1.27 bits per heavy atom. The number of fused-ring (bicyclic) bond motifs is 1. The maximum Gasteiger partial charge on any atom is 0.338 e. The second-order valence-electron chi connectivity index (χ2n) is 7.45. The van der Waals surface area contributed by atoms with Crippen molar-refractivity contribution in [3.05, 3.63) is 78.6 Å². The number of carbonyl (C=O) groups excluding carboxylic acids is 2. The summed E-state index contributed by atoms with van der Waals surface area (Å²) in [5, 5.41) is 10.7. The zero-order chi connectivity index (χ0) is 23.5. The molecule has 0 fully saturated rings. The number of allylic oxidation sites excluding steroid dienone is 1. The Labute approximate surface area is 210 Å². The first-order valence-electron chi connectivity index (χ1n) is 10.1. The lowest BCUT2D eigenvalue weighted by Gasteiger charge is -2.35. The highest BCUT2D eigenvalue weighted by Crippen LogP contribution is 2.45. The number of amidine groups is 1. The standard InChI is InChI=1S/C23H21Cl2N3O3S2/c1-13-20(22(30)31-2)21(15-6-8-32-11-15)28-17(12-33-23(28)27-13)10-19(29)26-7-5-14-3-4-16(24)9-18(14)25/h3-4,6,8-9,11-12,21H,5,7,10H2,1-2H3,(H,26,29)/t21-/m1/s1. The highest BCUT2D eigenvalue weighted by Gasteiger charge is 2.41. The Morgan fingerprint density at radius 2 is 2.09 bits per heavy atom. The molecule has 2 aromatic rings. The Bertz CT molecular complexity index is 1180. The number of aliphatic imine (C=N–C) groups is 1. The number of thiophene rings is 1. The summed E-state index contributed by atoms with van der Waals surface area (Å²) < 4.78 is 5.05. The highest BCUT2D eigenvalue weighted by molar-refractivity contribution is 8.16. The number of hydrogen-bond donors (Lipinski definition) is 1. The number of hydrogen-bond acceptors (Lipinski definition) is 7. The number of nitrogens with zero attached hydrogens (tertiary/aromatic N) is 2. The lowest BCUT2D eigenvalue weighted by molar-refractivity contribution is -0.136. The molecule has 0 saturated carbocycles. The fourth-order valence-electron chi connectivity index (χ4n) is 3.77. The van der Waals surface area contributed by atoms with Gasteiger partial charge in [-0.2, -0.15) is 11.3 Å². The average molecular weight is 522 g/mol. The van der Waals surface area contributed by atoms with Crippen LogP contribution in [0.3, 0.4) is 0 Å². The Hall–Kier alpha value is -2.26. The molecule has 4 rings (SSSR count). The number of nitrogens with one attached hydrogen (secondary N) is 1. The number of methoxy groups -OCH3 is 1. The van der Waals surface area contributed by atoms with Gasteiger partial charge in [0.05, 0.1) is 30.8 Å². The summed E-state index contributed by atoms with van der Waals surface area (Å²) in [4.78, 5) is 31.9. The van der Waals surface area contributed by atoms with Gasteiger partial charge in [-0.1, -0.05) is 41.0 Å². The van der Waals surface area contributed by atoms with E-state index >= 15 is 0 Å². The molecule has 1 amide bonds. The SMILES string of the molecule is COC(=O)C1=C(C)N=C2SC=C(CC(=O)NCCc3ccc(Cl)cc3Cl)N2[C@@H]1c1ccsc1. The van der Waals surface area contributed by atoms with E-state index in [0.717, 1.165) is 22.0 Å². The van der Waals surface area contributed by atoms with Crippen molar-refractivity contribution >= 4 is 63.3 Å². The molecule has 10 heteroatoms. The quantitative estimate of drug-likeness (QED) is 0.483. The maximum absolute atomic E-state index is 12.7. The van der Waals surface area contributed by atoms with Crippen LogP contribution in [0.5, 0.6) is 0 Å². The van der Waals surface area contributed by atoms with Crippen LogP contribution in [0, 0.1) is 0 Å². The van der Waals surface area contributed by atoms with Crippen molar-refractivity contribution in [2.75, 3.05) is 13.7 Å². The zero-order valence-corrected chi connectivity index (χ0v) is 21.1. The van der Waals surface area contributed by atoms with Gasteiger partial charge in [-0.15, -0.1) is 0 Å². The molecule has 1 aromatic carbocycles. The molecule has 2 aliphatic rings. The van der Waals surface area contributed by atoms with Gasteiger partial charge in [-0.05, 0) is 58.8 Å². The molecule has 0 unspecified atom stereocenters. The van der Waals surface area contributed by atoms with Crippen LogP contribution in [-0.4, -0.2) is 35.6 Å². The Kier molecular flexibility index (Phi) is 7.48. The third kappa shape index (κ3) is 5.14. The second kappa shape index (κ2) is 10.3. The van der Waals surface area contributed by atoms with Crippen LogP contribution >= 0.6 is 46.3 Å². The molecule has 33 heavy (non-hydrogen) atoms. The number of thioether (sulfide) groups is 1. The molecule has 0 bridgehead atoms. The predicted molar refractivity (Wildman–Crippen MR) is 135 cm³/mol. The van der Waals surface area contributed by atoms with Gasteiger partial charge < -0.3 is 15.0 Å². The van der Waals surface area contributed by atoms with E-state index in [9.17, 15) is 9.59 Å². The molecular formula is C23H21Cl2N3O3S2. The summed E-state index contributed by atoms with van der Waals surface area (Å²) in [5.41, 5.74) is 3.76. The van der Waals surface area contributed by atoms with E-state index in [0.29, 0.717) is 34.3 Å².